The first-order valence-electron chi connectivity index (χ1n) is 7.17. The number of benzene rings is 1. The number of halogens is 1. The maximum absolute atomic E-state index is 13.1. The lowest BCUT2D eigenvalue weighted by Crippen LogP contribution is -1.97. The van der Waals surface area contributed by atoms with Gasteiger partial charge in [-0.05, 0) is 23.8 Å². The molecule has 0 N–H and O–H groups in total. The van der Waals surface area contributed by atoms with Crippen molar-refractivity contribution < 1.29 is 4.39 Å². The number of thiophene rings is 1. The summed E-state index contributed by atoms with van der Waals surface area (Å²) in [4.78, 5) is 14.0. The summed E-state index contributed by atoms with van der Waals surface area (Å²) in [7, 11) is 1.87. The van der Waals surface area contributed by atoms with Crippen LogP contribution >= 0.6 is 23.1 Å². The molecule has 0 fully saturated rings. The molecule has 4 rings (SSSR count). The molecule has 0 atom stereocenters. The maximum atomic E-state index is 13.1. The zero-order valence-electron chi connectivity index (χ0n) is 12.7. The molecule has 0 saturated carbocycles. The summed E-state index contributed by atoms with van der Waals surface area (Å²) >= 11 is 3.22. The van der Waals surface area contributed by atoms with Crippen LogP contribution < -0.4 is 0 Å². The summed E-state index contributed by atoms with van der Waals surface area (Å²) < 4.78 is 15.9. The van der Waals surface area contributed by atoms with E-state index in [0.717, 1.165) is 31.5 Å². The molecule has 0 aliphatic heterocycles. The number of aromatic nitrogens is 5. The van der Waals surface area contributed by atoms with E-state index in [0.29, 0.717) is 5.75 Å². The van der Waals surface area contributed by atoms with E-state index in [2.05, 4.69) is 20.1 Å². The molecule has 24 heavy (non-hydrogen) atoms. The number of nitrogens with zero attached hydrogens (tertiary/aromatic N) is 5. The van der Waals surface area contributed by atoms with Gasteiger partial charge in [0, 0.05) is 11.9 Å². The van der Waals surface area contributed by atoms with Gasteiger partial charge in [0.25, 0.3) is 0 Å². The van der Waals surface area contributed by atoms with Gasteiger partial charge in [0.1, 0.15) is 29.3 Å². The number of thioether (sulfide) groups is 1. The lowest BCUT2D eigenvalue weighted by molar-refractivity contribution is 0.628. The van der Waals surface area contributed by atoms with Crippen LogP contribution in [0.25, 0.3) is 20.7 Å². The molecule has 0 saturated heterocycles. The monoisotopic (exact) mass is 357 g/mol. The van der Waals surface area contributed by atoms with E-state index in [1.54, 1.807) is 52.6 Å². The highest BCUT2D eigenvalue weighted by atomic mass is 32.2. The summed E-state index contributed by atoms with van der Waals surface area (Å²) in [5.41, 5.74) is 1.87. The Hall–Kier alpha value is -2.32. The molecule has 120 valence electrons. The van der Waals surface area contributed by atoms with Crippen LogP contribution in [-0.4, -0.2) is 24.7 Å². The second-order valence-electron chi connectivity index (χ2n) is 5.10. The summed E-state index contributed by atoms with van der Waals surface area (Å²) in [5, 5.41) is 4.99. The number of fused-ring (bicyclic) bond motifs is 1. The fourth-order valence-electron chi connectivity index (χ4n) is 2.28. The smallest absolute Gasteiger partial charge is 0.138 e. The average Bonchev–Trinajstić information content (AvgIpc) is 3.20. The van der Waals surface area contributed by atoms with Crippen LogP contribution in [0.1, 0.15) is 5.82 Å². The molecule has 0 radical (unpaired) electrons. The normalized spacial score (nSPS) is 11.2. The molecular formula is C16H12FN5S2. The van der Waals surface area contributed by atoms with E-state index in [1.807, 2.05) is 13.1 Å². The van der Waals surface area contributed by atoms with Crippen molar-refractivity contribution in [1.29, 1.82) is 0 Å². The Morgan fingerprint density at radius 3 is 2.71 bits per heavy atom. The summed E-state index contributed by atoms with van der Waals surface area (Å²) in [6.07, 6.45) is 3.12. The van der Waals surface area contributed by atoms with Gasteiger partial charge < -0.3 is 0 Å². The highest BCUT2D eigenvalue weighted by molar-refractivity contribution is 7.98. The second-order valence-corrected chi connectivity index (χ2v) is 7.12. The number of hydrogen-bond acceptors (Lipinski definition) is 6. The predicted molar refractivity (Wildman–Crippen MR) is 93.4 cm³/mol. The van der Waals surface area contributed by atoms with E-state index in [-0.39, 0.29) is 5.82 Å². The molecule has 3 heterocycles. The SMILES string of the molecule is Cn1ncnc1CSc1ncnc2cc(-c3ccc(F)cc3)sc12. The van der Waals surface area contributed by atoms with Gasteiger partial charge in [-0.25, -0.2) is 19.3 Å². The predicted octanol–water partition coefficient (Wildman–Crippen LogP) is 3.92. The standard InChI is InChI=1S/C16H12FN5S2/c1-22-14(19-9-21-22)7-23-16-15-12(18-8-20-16)6-13(24-15)10-2-4-11(17)5-3-10/h2-6,8-9H,7H2,1H3. The molecule has 0 aliphatic carbocycles. The number of hydrogen-bond donors (Lipinski definition) is 0. The van der Waals surface area contributed by atoms with Crippen LogP contribution in [-0.2, 0) is 12.8 Å². The van der Waals surface area contributed by atoms with Crippen LogP contribution in [0.4, 0.5) is 4.39 Å². The van der Waals surface area contributed by atoms with Gasteiger partial charge in [0.15, 0.2) is 0 Å². The number of rotatable bonds is 4. The Bertz CT molecular complexity index is 993. The molecule has 4 aromatic rings. The van der Waals surface area contributed by atoms with Crippen LogP contribution in [0.3, 0.4) is 0 Å². The fourth-order valence-corrected chi connectivity index (χ4v) is 4.46. The average molecular weight is 357 g/mol. The van der Waals surface area contributed by atoms with Crippen molar-refractivity contribution in [3.63, 3.8) is 0 Å². The summed E-state index contributed by atoms with van der Waals surface area (Å²) in [6.45, 7) is 0. The molecule has 0 spiro atoms. The van der Waals surface area contributed by atoms with Gasteiger partial charge in [-0.3, -0.25) is 4.68 Å². The Labute approximate surface area is 145 Å². The maximum Gasteiger partial charge on any atom is 0.138 e. The Morgan fingerprint density at radius 2 is 1.96 bits per heavy atom. The molecule has 1 aromatic carbocycles. The van der Waals surface area contributed by atoms with Gasteiger partial charge in [0.2, 0.25) is 0 Å². The van der Waals surface area contributed by atoms with Crippen LogP contribution in [0.15, 0.2) is 48.0 Å². The van der Waals surface area contributed by atoms with Crippen LogP contribution in [0.5, 0.6) is 0 Å². The fraction of sp³-hybridized carbons (Fsp3) is 0.125. The van der Waals surface area contributed by atoms with Crippen LogP contribution in [0, 0.1) is 5.82 Å². The van der Waals surface area contributed by atoms with E-state index in [9.17, 15) is 4.39 Å². The van der Waals surface area contributed by atoms with Crippen molar-refractivity contribution in [2.45, 2.75) is 10.8 Å². The van der Waals surface area contributed by atoms with Crippen molar-refractivity contribution in [1.82, 2.24) is 24.7 Å². The van der Waals surface area contributed by atoms with Crippen molar-refractivity contribution >= 4 is 33.3 Å². The third-order valence-corrected chi connectivity index (χ3v) is 5.85. The Balaban J connectivity index is 1.67. The van der Waals surface area contributed by atoms with E-state index >= 15 is 0 Å². The molecule has 0 bridgehead atoms. The topological polar surface area (TPSA) is 56.5 Å². The Morgan fingerprint density at radius 1 is 1.12 bits per heavy atom. The van der Waals surface area contributed by atoms with Crippen LogP contribution in [0.2, 0.25) is 0 Å². The first-order chi connectivity index (χ1) is 11.7. The Kier molecular flexibility index (Phi) is 3.99. The zero-order chi connectivity index (χ0) is 16.5. The van der Waals surface area contributed by atoms with Gasteiger partial charge in [-0.15, -0.1) is 11.3 Å². The van der Waals surface area contributed by atoms with Gasteiger partial charge in [0.05, 0.1) is 16.0 Å². The molecule has 0 aliphatic rings. The summed E-state index contributed by atoms with van der Waals surface area (Å²) in [5.74, 6) is 1.34. The largest absolute Gasteiger partial charge is 0.252 e. The minimum absolute atomic E-state index is 0.237. The van der Waals surface area contributed by atoms with E-state index in [4.69, 9.17) is 0 Å². The molecule has 0 amide bonds. The first-order valence-corrected chi connectivity index (χ1v) is 8.97. The lowest BCUT2D eigenvalue weighted by atomic mass is 10.2. The molecule has 8 heteroatoms. The minimum Gasteiger partial charge on any atom is -0.252 e. The molecular weight excluding hydrogens is 345 g/mol. The molecule has 3 aromatic heterocycles. The third-order valence-electron chi connectivity index (χ3n) is 3.55. The lowest BCUT2D eigenvalue weighted by Gasteiger charge is -2.01. The highest BCUT2D eigenvalue weighted by Crippen LogP contribution is 2.37. The van der Waals surface area contributed by atoms with E-state index in [1.165, 1.54) is 12.1 Å². The number of aryl methyl sites for hydroxylation is 1. The van der Waals surface area contributed by atoms with Crippen molar-refractivity contribution in [3.8, 4) is 10.4 Å². The van der Waals surface area contributed by atoms with Crippen molar-refractivity contribution in [2.75, 3.05) is 0 Å². The van der Waals surface area contributed by atoms with Crippen molar-refractivity contribution in [3.05, 3.63) is 54.6 Å². The quantitative estimate of drug-likeness (QED) is 0.409. The van der Waals surface area contributed by atoms with Gasteiger partial charge >= 0.3 is 0 Å². The van der Waals surface area contributed by atoms with Crippen molar-refractivity contribution in [2.24, 2.45) is 7.05 Å². The van der Waals surface area contributed by atoms with E-state index < -0.39 is 0 Å². The molecule has 0 unspecified atom stereocenters. The van der Waals surface area contributed by atoms with Gasteiger partial charge in [-0.1, -0.05) is 23.9 Å². The second kappa shape index (κ2) is 6.29. The first kappa shape index (κ1) is 15.2. The molecule has 5 nitrogen and oxygen atoms in total. The minimum atomic E-state index is -0.237. The highest BCUT2D eigenvalue weighted by Gasteiger charge is 2.12. The van der Waals surface area contributed by atoms with Gasteiger partial charge in [-0.2, -0.15) is 5.10 Å². The summed E-state index contributed by atoms with van der Waals surface area (Å²) in [6, 6.07) is 8.51. The zero-order valence-corrected chi connectivity index (χ0v) is 14.3. The third kappa shape index (κ3) is 2.90.